The van der Waals surface area contributed by atoms with Gasteiger partial charge in [0.15, 0.2) is 0 Å². The van der Waals surface area contributed by atoms with Gasteiger partial charge in [-0.3, -0.25) is 0 Å². The standard InChI is InChI=1S/C21H22N2O3/c1-13-19(14(2)26-23-13)17-11-16(10-9-15-7-5-4-6-8-15)20(22)18(12-17)21(24)25-3/h4-8,11-12H,9-10,22H2,1-3H3. The van der Waals surface area contributed by atoms with Crippen molar-refractivity contribution in [2.24, 2.45) is 0 Å². The molecule has 0 amide bonds. The summed E-state index contributed by atoms with van der Waals surface area (Å²) in [5.74, 6) is 0.258. The van der Waals surface area contributed by atoms with Crippen molar-refractivity contribution in [1.29, 1.82) is 0 Å². The molecule has 5 nitrogen and oxygen atoms in total. The Morgan fingerprint density at radius 3 is 2.50 bits per heavy atom. The molecule has 0 radical (unpaired) electrons. The summed E-state index contributed by atoms with van der Waals surface area (Å²) in [5, 5.41) is 4.01. The number of aryl methyl sites for hydroxylation is 4. The Morgan fingerprint density at radius 2 is 1.88 bits per heavy atom. The minimum absolute atomic E-state index is 0.369. The summed E-state index contributed by atoms with van der Waals surface area (Å²) in [6, 6.07) is 13.9. The Bertz CT molecular complexity index is 910. The van der Waals surface area contributed by atoms with Crippen molar-refractivity contribution in [3.05, 3.63) is 70.6 Å². The zero-order chi connectivity index (χ0) is 18.7. The Balaban J connectivity index is 2.05. The minimum Gasteiger partial charge on any atom is -0.465 e. The third-order valence-corrected chi connectivity index (χ3v) is 4.52. The van der Waals surface area contributed by atoms with Crippen molar-refractivity contribution in [2.45, 2.75) is 26.7 Å². The Kier molecular flexibility index (Phi) is 5.07. The third-order valence-electron chi connectivity index (χ3n) is 4.52. The lowest BCUT2D eigenvalue weighted by atomic mass is 9.94. The van der Waals surface area contributed by atoms with Gasteiger partial charge >= 0.3 is 5.97 Å². The number of anilines is 1. The first-order chi connectivity index (χ1) is 12.5. The van der Waals surface area contributed by atoms with Crippen molar-refractivity contribution in [3.63, 3.8) is 0 Å². The van der Waals surface area contributed by atoms with Crippen LogP contribution < -0.4 is 5.73 Å². The lowest BCUT2D eigenvalue weighted by Gasteiger charge is -2.13. The molecule has 134 valence electrons. The number of nitrogens with two attached hydrogens (primary N) is 1. The van der Waals surface area contributed by atoms with Crippen molar-refractivity contribution < 1.29 is 14.1 Å². The maximum Gasteiger partial charge on any atom is 0.339 e. The molecule has 26 heavy (non-hydrogen) atoms. The highest BCUT2D eigenvalue weighted by atomic mass is 16.5. The van der Waals surface area contributed by atoms with Crippen LogP contribution in [-0.2, 0) is 17.6 Å². The van der Waals surface area contributed by atoms with Gasteiger partial charge < -0.3 is 15.0 Å². The van der Waals surface area contributed by atoms with E-state index in [0.717, 1.165) is 35.2 Å². The Labute approximate surface area is 152 Å². The number of benzene rings is 2. The van der Waals surface area contributed by atoms with Crippen LogP contribution >= 0.6 is 0 Å². The van der Waals surface area contributed by atoms with Crippen LogP contribution in [0.25, 0.3) is 11.1 Å². The van der Waals surface area contributed by atoms with Crippen molar-refractivity contribution in [2.75, 3.05) is 12.8 Å². The zero-order valence-corrected chi connectivity index (χ0v) is 15.2. The number of hydrogen-bond acceptors (Lipinski definition) is 5. The minimum atomic E-state index is -0.447. The van der Waals surface area contributed by atoms with Gasteiger partial charge in [-0.2, -0.15) is 0 Å². The number of carbonyl (C=O) groups is 1. The molecule has 0 unspecified atom stereocenters. The van der Waals surface area contributed by atoms with Crippen LogP contribution in [0.1, 0.15) is 32.9 Å². The average molecular weight is 350 g/mol. The van der Waals surface area contributed by atoms with E-state index in [-0.39, 0.29) is 0 Å². The summed E-state index contributed by atoms with van der Waals surface area (Å²) < 4.78 is 10.2. The number of aromatic nitrogens is 1. The van der Waals surface area contributed by atoms with Crippen molar-refractivity contribution in [3.8, 4) is 11.1 Å². The number of methoxy groups -OCH3 is 1. The normalized spacial score (nSPS) is 10.7. The molecule has 0 atom stereocenters. The van der Waals surface area contributed by atoms with E-state index in [2.05, 4.69) is 17.3 Å². The quantitative estimate of drug-likeness (QED) is 0.553. The van der Waals surface area contributed by atoms with Crippen LogP contribution in [-0.4, -0.2) is 18.2 Å². The number of nitrogens with zero attached hydrogens (tertiary/aromatic N) is 1. The second-order valence-electron chi connectivity index (χ2n) is 6.27. The van der Waals surface area contributed by atoms with E-state index in [0.29, 0.717) is 17.0 Å². The summed E-state index contributed by atoms with van der Waals surface area (Å²) in [4.78, 5) is 12.2. The molecule has 0 aliphatic rings. The van der Waals surface area contributed by atoms with Gasteiger partial charge in [-0.1, -0.05) is 35.5 Å². The first-order valence-corrected chi connectivity index (χ1v) is 8.49. The molecule has 0 aliphatic carbocycles. The Morgan fingerprint density at radius 1 is 1.15 bits per heavy atom. The van der Waals surface area contributed by atoms with Crippen LogP contribution in [0.3, 0.4) is 0 Å². The van der Waals surface area contributed by atoms with E-state index in [4.69, 9.17) is 15.0 Å². The largest absolute Gasteiger partial charge is 0.465 e. The summed E-state index contributed by atoms with van der Waals surface area (Å²) in [7, 11) is 1.36. The van der Waals surface area contributed by atoms with Crippen LogP contribution in [0, 0.1) is 13.8 Å². The molecule has 2 N–H and O–H groups in total. The van der Waals surface area contributed by atoms with E-state index < -0.39 is 5.97 Å². The van der Waals surface area contributed by atoms with E-state index in [1.165, 1.54) is 12.7 Å². The van der Waals surface area contributed by atoms with E-state index >= 15 is 0 Å². The monoisotopic (exact) mass is 350 g/mol. The molecule has 3 aromatic rings. The first kappa shape index (κ1) is 17.7. The van der Waals surface area contributed by atoms with Crippen molar-refractivity contribution in [1.82, 2.24) is 5.16 Å². The highest BCUT2D eigenvalue weighted by Gasteiger charge is 2.19. The number of rotatable bonds is 5. The number of hydrogen-bond donors (Lipinski definition) is 1. The number of nitrogen functional groups attached to an aromatic ring is 1. The number of ether oxygens (including phenoxy) is 1. The third kappa shape index (κ3) is 3.47. The molecule has 1 aromatic heterocycles. The summed E-state index contributed by atoms with van der Waals surface area (Å²) in [6.07, 6.45) is 1.55. The molecule has 0 bridgehead atoms. The lowest BCUT2D eigenvalue weighted by Crippen LogP contribution is -2.09. The second kappa shape index (κ2) is 7.44. The fraction of sp³-hybridized carbons (Fsp3) is 0.238. The van der Waals surface area contributed by atoms with Gasteiger partial charge in [-0.05, 0) is 55.5 Å². The molecule has 2 aromatic carbocycles. The van der Waals surface area contributed by atoms with Crippen molar-refractivity contribution >= 4 is 11.7 Å². The van der Waals surface area contributed by atoms with Crippen LogP contribution in [0.15, 0.2) is 47.0 Å². The highest BCUT2D eigenvalue weighted by Crippen LogP contribution is 2.32. The SMILES string of the molecule is COC(=O)c1cc(-c2c(C)noc2C)cc(CCc2ccccc2)c1N. The summed E-state index contributed by atoms with van der Waals surface area (Å²) in [6.45, 7) is 3.73. The summed E-state index contributed by atoms with van der Waals surface area (Å²) in [5.41, 5.74) is 11.8. The van der Waals surface area contributed by atoms with Gasteiger partial charge in [0.1, 0.15) is 5.76 Å². The fourth-order valence-corrected chi connectivity index (χ4v) is 3.16. The first-order valence-electron chi connectivity index (χ1n) is 8.49. The Hall–Kier alpha value is -3.08. The molecule has 0 saturated heterocycles. The molecule has 5 heteroatoms. The maximum atomic E-state index is 12.2. The maximum absolute atomic E-state index is 12.2. The van der Waals surface area contributed by atoms with Crippen LogP contribution in [0.4, 0.5) is 5.69 Å². The molecular formula is C21H22N2O3. The smallest absolute Gasteiger partial charge is 0.339 e. The molecule has 0 fully saturated rings. The van der Waals surface area contributed by atoms with E-state index in [1.807, 2.05) is 38.1 Å². The summed E-state index contributed by atoms with van der Waals surface area (Å²) >= 11 is 0. The molecule has 0 spiro atoms. The second-order valence-corrected chi connectivity index (χ2v) is 6.27. The average Bonchev–Trinajstić information content (AvgIpc) is 2.99. The van der Waals surface area contributed by atoms with Gasteiger partial charge in [0.25, 0.3) is 0 Å². The van der Waals surface area contributed by atoms with Gasteiger partial charge in [-0.15, -0.1) is 0 Å². The molecule has 0 aliphatic heterocycles. The highest BCUT2D eigenvalue weighted by molar-refractivity contribution is 5.97. The van der Waals surface area contributed by atoms with Crippen LogP contribution in [0.5, 0.6) is 0 Å². The molecule has 0 saturated carbocycles. The fourth-order valence-electron chi connectivity index (χ4n) is 3.16. The van der Waals surface area contributed by atoms with Gasteiger partial charge in [0.05, 0.1) is 18.4 Å². The lowest BCUT2D eigenvalue weighted by molar-refractivity contribution is 0.0602. The topological polar surface area (TPSA) is 78.3 Å². The number of esters is 1. The van der Waals surface area contributed by atoms with Crippen LogP contribution in [0.2, 0.25) is 0 Å². The molecule has 3 rings (SSSR count). The van der Waals surface area contributed by atoms with E-state index in [1.54, 1.807) is 6.07 Å². The predicted molar refractivity (Wildman–Crippen MR) is 101 cm³/mol. The van der Waals surface area contributed by atoms with E-state index in [9.17, 15) is 4.79 Å². The molecular weight excluding hydrogens is 328 g/mol. The van der Waals surface area contributed by atoms with Gasteiger partial charge in [-0.25, -0.2) is 4.79 Å². The van der Waals surface area contributed by atoms with Gasteiger partial charge in [0.2, 0.25) is 0 Å². The predicted octanol–water partition coefficient (Wildman–Crippen LogP) is 4.11. The number of carbonyl (C=O) groups excluding carboxylic acids is 1. The van der Waals surface area contributed by atoms with Gasteiger partial charge in [0, 0.05) is 11.3 Å². The molecule has 1 heterocycles. The zero-order valence-electron chi connectivity index (χ0n) is 15.2.